The van der Waals surface area contributed by atoms with Gasteiger partial charge in [-0.25, -0.2) is 23.5 Å². The Morgan fingerprint density at radius 2 is 1.27 bits per heavy atom. The van der Waals surface area contributed by atoms with Crippen molar-refractivity contribution in [2.75, 3.05) is 140 Å². The molecule has 19 heteroatoms. The van der Waals surface area contributed by atoms with Crippen LogP contribution in [0.25, 0.3) is 0 Å². The fraction of sp³-hybridized carbons (Fsp3) is 0.552. The quantitative estimate of drug-likeness (QED) is 0.0577. The van der Waals surface area contributed by atoms with Crippen molar-refractivity contribution in [3.8, 4) is 0 Å². The molecule has 3 unspecified atom stereocenters. The van der Waals surface area contributed by atoms with Crippen molar-refractivity contribution in [1.29, 1.82) is 0 Å². The van der Waals surface area contributed by atoms with Gasteiger partial charge in [-0.15, -0.1) is 0 Å². The molecule has 6 aliphatic rings. The van der Waals surface area contributed by atoms with Gasteiger partial charge in [0.2, 0.25) is 0 Å². The first-order chi connectivity index (χ1) is 37.4. The van der Waals surface area contributed by atoms with Gasteiger partial charge in [-0.05, 0) is 123 Å². The number of alkyl halides is 2. The average Bonchev–Trinajstić information content (AvgIpc) is 4.05. The number of pyridine rings is 2. The first-order valence-corrected chi connectivity index (χ1v) is 27.7. The van der Waals surface area contributed by atoms with E-state index in [1.807, 2.05) is 29.2 Å². The maximum absolute atomic E-state index is 15.9. The summed E-state index contributed by atoms with van der Waals surface area (Å²) in [6.45, 7) is 11.6. The number of rotatable bonds is 17. The largest absolute Gasteiger partial charge is 0.488 e. The Bertz CT molecular complexity index is 2570. The third-order valence-corrected chi connectivity index (χ3v) is 15.5. The van der Waals surface area contributed by atoms with Gasteiger partial charge in [0, 0.05) is 113 Å². The average molecular weight is 1070 g/mol. The summed E-state index contributed by atoms with van der Waals surface area (Å²) in [4.78, 5) is 41.4. The summed E-state index contributed by atoms with van der Waals surface area (Å²) in [5.74, 6) is 1.27. The summed E-state index contributed by atoms with van der Waals surface area (Å²) in [6, 6.07) is 24.0. The van der Waals surface area contributed by atoms with E-state index < -0.39 is 18.5 Å². The highest BCUT2D eigenvalue weighted by molar-refractivity contribution is 6.58. The Morgan fingerprint density at radius 3 is 1.83 bits per heavy atom. The maximum Gasteiger partial charge on any atom is 0.488 e. The molecule has 16 nitrogen and oxygen atoms in total. The third-order valence-electron chi connectivity index (χ3n) is 15.5. The minimum atomic E-state index is -1.40. The molecular weight excluding hydrogens is 985 g/mol. The van der Waals surface area contributed by atoms with E-state index in [0.29, 0.717) is 83.3 Å². The van der Waals surface area contributed by atoms with Crippen LogP contribution in [0.5, 0.6) is 0 Å². The van der Waals surface area contributed by atoms with Gasteiger partial charge in [-0.3, -0.25) is 14.6 Å². The lowest BCUT2D eigenvalue weighted by atomic mass is 9.80. The van der Waals surface area contributed by atoms with E-state index in [-0.39, 0.29) is 24.3 Å². The number of likely N-dealkylation sites (tertiary alicyclic amines) is 2. The molecule has 2 aromatic heterocycles. The summed E-state index contributed by atoms with van der Waals surface area (Å²) in [7, 11) is 1.38. The number of carbonyl (C=O) groups excluding carboxylic acids is 2. The van der Waals surface area contributed by atoms with Crippen LogP contribution in [0.3, 0.4) is 0 Å². The molecule has 4 aromatic rings. The lowest BCUT2D eigenvalue weighted by molar-refractivity contribution is -0.141. The predicted molar refractivity (Wildman–Crippen MR) is 298 cm³/mol. The molecule has 0 spiro atoms. The first kappa shape index (κ1) is 57.5. The molecule has 416 valence electrons. The molecule has 10 rings (SSSR count). The standard InChI is InChI=1S/C29H39FN4O3.C19H26FN3O2.C10H14BNO3/c1-36-27(35)19-24(23-4-2-6-26(18-23)34-14-16-37-17-15-34)20-33-13-11-29(30,21-33)10-9-25-8-7-22-5-3-12-31-28(22)32-25;1-25-17(24)5-3-12-23-13-10-19(20,14-23)9-8-16-7-6-15-4-2-11-21-18(15)22-16;13-11(14)9-2-1-3-10(8-9)12-4-6-15-7-5-12/h2,4,6-8,18,24H,3,5,9-17,19-21H2,1H3,(H,31,32);3,5-7H,2,4,8-14H2,1H3,(H,21,22);1-3,8,13-14H,4-7H2/b;5-3+;. The van der Waals surface area contributed by atoms with Crippen molar-refractivity contribution in [2.45, 2.75) is 87.9 Å². The zero-order valence-electron chi connectivity index (χ0n) is 45.1. The third kappa shape index (κ3) is 17.1. The minimum Gasteiger partial charge on any atom is -0.469 e. The molecular formula is C58H79BF2N8O8. The zero-order valence-corrected chi connectivity index (χ0v) is 45.1. The number of hydrogen-bond donors (Lipinski definition) is 4. The fourth-order valence-corrected chi connectivity index (χ4v) is 11.0. The molecule has 0 saturated carbocycles. The Labute approximate surface area is 453 Å². The van der Waals surface area contributed by atoms with Crippen LogP contribution in [0.15, 0.2) is 84.9 Å². The summed E-state index contributed by atoms with van der Waals surface area (Å²) in [5.41, 5.74) is 5.78. The molecule has 4 saturated heterocycles. The zero-order chi connectivity index (χ0) is 54.0. The second kappa shape index (κ2) is 28.3. The number of methoxy groups -OCH3 is 2. The van der Waals surface area contributed by atoms with Crippen molar-refractivity contribution in [1.82, 2.24) is 19.8 Å². The molecule has 3 atom stereocenters. The number of carbonyl (C=O) groups is 2. The maximum atomic E-state index is 15.9. The number of fused-ring (bicyclic) bond motifs is 2. The molecule has 0 aliphatic carbocycles. The second-order valence-electron chi connectivity index (χ2n) is 21.1. The number of morpholine rings is 2. The Balaban J connectivity index is 0.000000168. The Morgan fingerprint density at radius 1 is 0.727 bits per heavy atom. The van der Waals surface area contributed by atoms with E-state index in [9.17, 15) is 9.59 Å². The lowest BCUT2D eigenvalue weighted by Gasteiger charge is -2.30. The van der Waals surface area contributed by atoms with Gasteiger partial charge >= 0.3 is 19.1 Å². The molecule has 6 aliphatic heterocycles. The number of ether oxygens (including phenoxy) is 4. The monoisotopic (exact) mass is 1060 g/mol. The number of benzene rings is 2. The van der Waals surface area contributed by atoms with Crippen LogP contribution in [0.1, 0.15) is 78.9 Å². The number of halogens is 2. The molecule has 0 bridgehead atoms. The van der Waals surface area contributed by atoms with E-state index in [1.165, 1.54) is 31.4 Å². The number of anilines is 4. The van der Waals surface area contributed by atoms with E-state index >= 15 is 8.78 Å². The van der Waals surface area contributed by atoms with Crippen molar-refractivity contribution < 1.29 is 47.4 Å². The van der Waals surface area contributed by atoms with Gasteiger partial charge in [0.1, 0.15) is 23.0 Å². The summed E-state index contributed by atoms with van der Waals surface area (Å²) >= 11 is 0. The van der Waals surface area contributed by atoms with Crippen molar-refractivity contribution in [3.05, 3.63) is 113 Å². The number of aryl methyl sites for hydroxylation is 4. The number of nitrogens with zero attached hydrogens (tertiary/aromatic N) is 6. The summed E-state index contributed by atoms with van der Waals surface area (Å²) in [5, 5.41) is 24.8. The van der Waals surface area contributed by atoms with Crippen LogP contribution in [0.4, 0.5) is 31.8 Å². The fourth-order valence-electron chi connectivity index (χ4n) is 11.0. The van der Waals surface area contributed by atoms with Crippen molar-refractivity contribution in [3.63, 3.8) is 0 Å². The summed E-state index contributed by atoms with van der Waals surface area (Å²) < 4.78 is 51.2. The van der Waals surface area contributed by atoms with Crippen LogP contribution < -0.4 is 25.9 Å². The van der Waals surface area contributed by atoms with Crippen LogP contribution in [-0.2, 0) is 54.2 Å². The van der Waals surface area contributed by atoms with Crippen LogP contribution in [0.2, 0.25) is 0 Å². The Kier molecular flexibility index (Phi) is 21.1. The van der Waals surface area contributed by atoms with E-state index in [2.05, 4.69) is 71.5 Å². The van der Waals surface area contributed by atoms with Gasteiger partial charge in [0.25, 0.3) is 0 Å². The van der Waals surface area contributed by atoms with E-state index in [4.69, 9.17) is 29.2 Å². The number of nitrogens with one attached hydrogen (secondary N) is 2. The highest BCUT2D eigenvalue weighted by Crippen LogP contribution is 2.35. The van der Waals surface area contributed by atoms with Gasteiger partial charge < -0.3 is 49.4 Å². The normalized spacial score (nSPS) is 21.8. The second-order valence-corrected chi connectivity index (χ2v) is 21.1. The molecule has 0 amide bonds. The SMILES string of the molecule is COC(=O)/C=C/CN1CCC(F)(CCc2ccc3c(n2)NCCC3)C1.COC(=O)CC(CN1CCC(F)(CCc2ccc3c(n2)NCCC3)C1)c1cccc(N2CCOCC2)c1.OB(O)c1cccc(N2CCOCC2)c1. The van der Waals surface area contributed by atoms with Gasteiger partial charge in [-0.2, -0.15) is 0 Å². The number of esters is 2. The molecule has 4 N–H and O–H groups in total. The molecule has 77 heavy (non-hydrogen) atoms. The van der Waals surface area contributed by atoms with Gasteiger partial charge in [0.05, 0.1) is 47.1 Å². The highest BCUT2D eigenvalue weighted by Gasteiger charge is 2.40. The minimum absolute atomic E-state index is 0.0517. The molecule has 8 heterocycles. The van der Waals surface area contributed by atoms with Gasteiger partial charge in [-0.1, -0.05) is 42.5 Å². The van der Waals surface area contributed by atoms with Crippen molar-refractivity contribution in [2.24, 2.45) is 0 Å². The van der Waals surface area contributed by atoms with Gasteiger partial charge in [0.15, 0.2) is 0 Å². The highest BCUT2D eigenvalue weighted by atomic mass is 19.1. The topological polar surface area (TPSA) is 174 Å². The summed E-state index contributed by atoms with van der Waals surface area (Å²) in [6.07, 6.45) is 11.1. The predicted octanol–water partition coefficient (Wildman–Crippen LogP) is 5.69. The van der Waals surface area contributed by atoms with E-state index in [1.54, 1.807) is 18.2 Å². The number of hydrogen-bond acceptors (Lipinski definition) is 16. The molecule has 4 fully saturated rings. The van der Waals surface area contributed by atoms with E-state index in [0.717, 1.165) is 131 Å². The molecule has 0 radical (unpaired) electrons. The Hall–Kier alpha value is -5.70. The first-order valence-electron chi connectivity index (χ1n) is 27.7. The van der Waals surface area contributed by atoms with Crippen LogP contribution in [-0.4, -0.2) is 179 Å². The van der Waals surface area contributed by atoms with Crippen LogP contribution >= 0.6 is 0 Å². The smallest absolute Gasteiger partial charge is 0.469 e. The lowest BCUT2D eigenvalue weighted by Crippen LogP contribution is -2.37. The number of aromatic nitrogens is 2. The molecule has 2 aromatic carbocycles. The van der Waals surface area contributed by atoms with Crippen LogP contribution in [0, 0.1) is 0 Å². The van der Waals surface area contributed by atoms with Crippen molar-refractivity contribution >= 4 is 47.5 Å².